The molecule has 0 bridgehead atoms. The zero-order valence-corrected chi connectivity index (χ0v) is 38.5. The van der Waals surface area contributed by atoms with E-state index in [9.17, 15) is 9.59 Å². The smallest absolute Gasteiger partial charge is 0.415 e. The first-order valence-corrected chi connectivity index (χ1v) is 23.3. The number of nitrogens with two attached hydrogens (primary N) is 1. The Morgan fingerprint density at radius 1 is 0.873 bits per heavy atom. The number of fused-ring (bicyclic) bond motifs is 1. The van der Waals surface area contributed by atoms with E-state index >= 15 is 4.79 Å². The number of carbonyl (C=O) groups is 3. The molecule has 2 N–H and O–H groups in total. The van der Waals surface area contributed by atoms with Crippen molar-refractivity contribution in [2.24, 2.45) is 11.1 Å². The fraction of sp³-hybridized carbons (Fsp3) is 0.510. The van der Waals surface area contributed by atoms with Crippen molar-refractivity contribution in [3.63, 3.8) is 0 Å². The molecule has 1 saturated carbocycles. The summed E-state index contributed by atoms with van der Waals surface area (Å²) in [6, 6.07) is 26.9. The van der Waals surface area contributed by atoms with E-state index in [0.29, 0.717) is 35.6 Å². The van der Waals surface area contributed by atoms with Crippen LogP contribution in [0.5, 0.6) is 11.5 Å². The maximum atomic E-state index is 15.2. The summed E-state index contributed by atoms with van der Waals surface area (Å²) in [4.78, 5) is 54.1. The summed E-state index contributed by atoms with van der Waals surface area (Å²) in [5, 5.41) is 2.07. The molecule has 338 valence electrons. The van der Waals surface area contributed by atoms with Crippen LogP contribution in [0.2, 0.25) is 5.02 Å². The minimum absolute atomic E-state index is 0.0320. The number of hydrogen-bond donors (Lipinski definition) is 1. The lowest BCUT2D eigenvalue weighted by Gasteiger charge is -2.46. The van der Waals surface area contributed by atoms with Crippen LogP contribution in [0.4, 0.5) is 4.79 Å². The summed E-state index contributed by atoms with van der Waals surface area (Å²) in [5.74, 6) is 0.813. The molecule has 3 fully saturated rings. The van der Waals surface area contributed by atoms with Gasteiger partial charge < -0.3 is 29.9 Å². The summed E-state index contributed by atoms with van der Waals surface area (Å²) in [5.41, 5.74) is 9.45. The van der Waals surface area contributed by atoms with Gasteiger partial charge in [0.15, 0.2) is 11.5 Å². The Morgan fingerprint density at radius 3 is 2.38 bits per heavy atom. The molecule has 2 saturated heterocycles. The molecule has 0 aromatic heterocycles. The van der Waals surface area contributed by atoms with Gasteiger partial charge in [0.1, 0.15) is 11.8 Å². The molecule has 1 aliphatic carbocycles. The lowest BCUT2D eigenvalue weighted by molar-refractivity contribution is -0.148. The molecule has 3 aliphatic rings. The number of ether oxygens (including phenoxy) is 2. The van der Waals surface area contributed by atoms with Crippen LogP contribution in [-0.4, -0.2) is 128 Å². The molecule has 4 aromatic carbocycles. The van der Waals surface area contributed by atoms with Crippen LogP contribution in [-0.2, 0) is 29.1 Å². The van der Waals surface area contributed by atoms with Gasteiger partial charge in [0.05, 0.1) is 24.7 Å². The first-order chi connectivity index (χ1) is 30.5. The van der Waals surface area contributed by atoms with Gasteiger partial charge in [-0.15, -0.1) is 0 Å². The third-order valence-electron chi connectivity index (χ3n) is 14.0. The van der Waals surface area contributed by atoms with Crippen molar-refractivity contribution in [3.05, 3.63) is 107 Å². The lowest BCUT2D eigenvalue weighted by Crippen LogP contribution is -2.63. The van der Waals surface area contributed by atoms with Crippen LogP contribution in [0.15, 0.2) is 84.9 Å². The van der Waals surface area contributed by atoms with Gasteiger partial charge in [0.25, 0.3) is 0 Å². The first-order valence-electron chi connectivity index (χ1n) is 22.9. The Kier molecular flexibility index (Phi) is 15.8. The van der Waals surface area contributed by atoms with Gasteiger partial charge >= 0.3 is 6.09 Å². The summed E-state index contributed by atoms with van der Waals surface area (Å²) in [6.45, 7) is 5.02. The summed E-state index contributed by atoms with van der Waals surface area (Å²) in [7, 11) is 7.90. The molecule has 2 aliphatic heterocycles. The number of methoxy groups -OCH3 is 1. The highest BCUT2D eigenvalue weighted by Crippen LogP contribution is 2.45. The fourth-order valence-electron chi connectivity index (χ4n) is 10.2. The molecular weight excluding hydrogens is 812 g/mol. The van der Waals surface area contributed by atoms with Crippen LogP contribution in [0, 0.1) is 5.41 Å². The van der Waals surface area contributed by atoms with Crippen molar-refractivity contribution in [3.8, 4) is 11.5 Å². The van der Waals surface area contributed by atoms with E-state index in [1.807, 2.05) is 48.5 Å². The molecule has 2 amide bonds. The molecular formula is C51H67ClN6O5. The quantitative estimate of drug-likeness (QED) is 0.105. The highest BCUT2D eigenvalue weighted by molar-refractivity contribution is 6.37. The highest BCUT2D eigenvalue weighted by atomic mass is 35.5. The molecule has 2 atom stereocenters. The Balaban J connectivity index is 1.08. The number of carbonyl (C=O) groups excluding carboxylic acids is 3. The maximum absolute atomic E-state index is 15.2. The second-order valence-electron chi connectivity index (χ2n) is 18.4. The number of ketones is 1. The van der Waals surface area contributed by atoms with E-state index in [0.717, 1.165) is 86.6 Å². The number of likely N-dealkylation sites (N-methyl/N-ethyl adjacent to an activating group) is 1. The molecule has 11 nitrogen and oxygen atoms in total. The van der Waals surface area contributed by atoms with Gasteiger partial charge in [-0.05, 0) is 120 Å². The number of rotatable bonds is 17. The second kappa shape index (κ2) is 21.4. The normalized spacial score (nSPS) is 21.1. The number of nitrogens with zero attached hydrogens (tertiary/aromatic N) is 5. The monoisotopic (exact) mass is 878 g/mol. The fourth-order valence-corrected chi connectivity index (χ4v) is 10.5. The van der Waals surface area contributed by atoms with E-state index in [2.05, 4.69) is 66.2 Å². The molecule has 7 rings (SSSR count). The highest BCUT2D eigenvalue weighted by Gasteiger charge is 2.45. The third-order valence-corrected chi connectivity index (χ3v) is 14.4. The van der Waals surface area contributed by atoms with E-state index in [1.165, 1.54) is 12.0 Å². The van der Waals surface area contributed by atoms with Gasteiger partial charge in [0, 0.05) is 56.1 Å². The molecule has 4 aromatic rings. The van der Waals surface area contributed by atoms with Crippen molar-refractivity contribution in [1.29, 1.82) is 0 Å². The zero-order valence-electron chi connectivity index (χ0n) is 37.8. The molecule has 12 heteroatoms. The standard InChI is InChI=1S/C51H67ClN6O5/c1-54(2)28-11-10-16-43(55(3)41-23-25-51(26-24-41)27-29-56(36-51)34-38-12-6-5-7-13-38)49(60)58-31-30-57(50(61)63-46-22-20-39-14-8-9-15-42(39)48(46)52)35-44(58)45(59)21-18-37-17-19-40(33-53)47(32-37)62-4/h5-9,12-15,17,19-20,22,32,41,43-44H,10-11,16,18,21,23-31,33-36,53H2,1-4H3/t41?,43-,44+,51?/m1/s1. The van der Waals surface area contributed by atoms with E-state index < -0.39 is 12.1 Å². The van der Waals surface area contributed by atoms with Crippen molar-refractivity contribution >= 4 is 40.2 Å². The van der Waals surface area contributed by atoms with E-state index in [-0.39, 0.29) is 55.6 Å². The Morgan fingerprint density at radius 2 is 1.63 bits per heavy atom. The van der Waals surface area contributed by atoms with Crippen LogP contribution in [0.1, 0.15) is 74.5 Å². The topological polar surface area (TPSA) is 112 Å². The van der Waals surface area contributed by atoms with Crippen molar-refractivity contribution in [2.45, 2.75) is 95.4 Å². The Bertz CT molecular complexity index is 2180. The number of unbranched alkanes of at least 4 members (excludes halogenated alkanes) is 1. The van der Waals surface area contributed by atoms with Crippen LogP contribution >= 0.6 is 11.6 Å². The Labute approximate surface area is 379 Å². The predicted octanol–water partition coefficient (Wildman–Crippen LogP) is 8.04. The van der Waals surface area contributed by atoms with Crippen LogP contribution < -0.4 is 15.2 Å². The number of Topliss-reactive ketones (excluding diaryl/α,β-unsaturated/α-hetero) is 1. The van der Waals surface area contributed by atoms with E-state index in [4.69, 9.17) is 26.8 Å². The average Bonchev–Trinajstić information content (AvgIpc) is 3.69. The summed E-state index contributed by atoms with van der Waals surface area (Å²) >= 11 is 6.75. The first kappa shape index (κ1) is 46.5. The largest absolute Gasteiger partial charge is 0.496 e. The number of likely N-dealkylation sites (tertiary alicyclic amines) is 1. The predicted molar refractivity (Wildman–Crippen MR) is 251 cm³/mol. The van der Waals surface area contributed by atoms with Gasteiger partial charge in [-0.2, -0.15) is 0 Å². The molecule has 63 heavy (non-hydrogen) atoms. The zero-order chi connectivity index (χ0) is 44.5. The number of piperazine rings is 1. The molecule has 1 spiro atoms. The maximum Gasteiger partial charge on any atom is 0.415 e. The lowest BCUT2D eigenvalue weighted by atomic mass is 9.71. The number of benzene rings is 4. The van der Waals surface area contributed by atoms with Gasteiger partial charge in [0.2, 0.25) is 5.91 Å². The minimum atomic E-state index is -0.836. The van der Waals surface area contributed by atoms with Gasteiger partial charge in [-0.1, -0.05) is 90.8 Å². The molecule has 2 heterocycles. The average molecular weight is 880 g/mol. The Hall–Kier alpha value is -4.52. The number of amides is 2. The number of hydrogen-bond acceptors (Lipinski definition) is 9. The second-order valence-corrected chi connectivity index (χ2v) is 18.8. The number of halogens is 1. The summed E-state index contributed by atoms with van der Waals surface area (Å²) < 4.78 is 11.5. The van der Waals surface area contributed by atoms with Gasteiger partial charge in [-0.25, -0.2) is 4.79 Å². The summed E-state index contributed by atoms with van der Waals surface area (Å²) in [6.07, 6.45) is 8.22. The van der Waals surface area contributed by atoms with Crippen molar-refractivity contribution < 1.29 is 23.9 Å². The van der Waals surface area contributed by atoms with Crippen molar-refractivity contribution in [2.75, 3.05) is 67.5 Å². The van der Waals surface area contributed by atoms with E-state index in [1.54, 1.807) is 23.0 Å². The minimum Gasteiger partial charge on any atom is -0.496 e. The molecule has 0 radical (unpaired) electrons. The van der Waals surface area contributed by atoms with Gasteiger partial charge in [-0.3, -0.25) is 19.4 Å². The van der Waals surface area contributed by atoms with Crippen molar-refractivity contribution in [1.82, 2.24) is 24.5 Å². The SMILES string of the molecule is COc1cc(CCC(=O)[C@@H]2CN(C(=O)Oc3ccc4ccccc4c3Cl)CCN2C(=O)[C@@H](CCCCN(C)C)N(C)C2CCC3(CC2)CCN(Cc2ccccc2)C3)ccc1CN. The number of aryl methyl sites for hydroxylation is 1. The molecule has 0 unspecified atom stereocenters. The van der Waals surface area contributed by atoms with Crippen LogP contribution in [0.25, 0.3) is 10.8 Å². The third kappa shape index (κ3) is 11.4. The van der Waals surface area contributed by atoms with Crippen LogP contribution in [0.3, 0.4) is 0 Å².